The minimum absolute atomic E-state index is 0.0316. The third-order valence-electron chi connectivity index (χ3n) is 4.19. The van der Waals surface area contributed by atoms with Crippen molar-refractivity contribution in [3.63, 3.8) is 0 Å². The summed E-state index contributed by atoms with van der Waals surface area (Å²) in [7, 11) is -1.75. The van der Waals surface area contributed by atoms with Crippen molar-refractivity contribution < 1.29 is 22.7 Å². The summed E-state index contributed by atoms with van der Waals surface area (Å²) in [5, 5.41) is 5.73. The minimum Gasteiger partial charge on any atom is -0.465 e. The van der Waals surface area contributed by atoms with Gasteiger partial charge in [-0.25, -0.2) is 18.2 Å². The summed E-state index contributed by atoms with van der Waals surface area (Å²) in [6.07, 6.45) is 1.81. The van der Waals surface area contributed by atoms with Crippen LogP contribution in [0.15, 0.2) is 42.6 Å². The molecular weight excluding hydrogens is 370 g/mol. The van der Waals surface area contributed by atoms with Crippen LogP contribution in [0.25, 0.3) is 0 Å². The fourth-order valence-electron chi connectivity index (χ4n) is 2.80. The molecule has 2 aromatic rings. The molecule has 1 saturated heterocycles. The maximum Gasteiger partial charge on any atom is 0.339 e. The molecule has 8 nitrogen and oxygen atoms in total. The molecule has 27 heavy (non-hydrogen) atoms. The average Bonchev–Trinajstić information content (AvgIpc) is 3.00. The molecule has 1 aromatic carbocycles. The lowest BCUT2D eigenvalue weighted by atomic mass is 10.1. The van der Waals surface area contributed by atoms with Crippen molar-refractivity contribution in [2.75, 3.05) is 23.9 Å². The highest BCUT2D eigenvalue weighted by molar-refractivity contribution is 7.91. The third-order valence-corrected chi connectivity index (χ3v) is 5.96. The number of hydrogen-bond donors (Lipinski definition) is 2. The Hall–Kier alpha value is -2.94. The molecule has 0 radical (unpaired) electrons. The van der Waals surface area contributed by atoms with Gasteiger partial charge in [-0.15, -0.1) is 0 Å². The molecule has 1 fully saturated rings. The van der Waals surface area contributed by atoms with E-state index in [9.17, 15) is 18.0 Å². The van der Waals surface area contributed by atoms with Crippen molar-refractivity contribution in [2.24, 2.45) is 0 Å². The second kappa shape index (κ2) is 7.75. The zero-order valence-electron chi connectivity index (χ0n) is 14.6. The largest absolute Gasteiger partial charge is 0.465 e. The van der Waals surface area contributed by atoms with Gasteiger partial charge in [0, 0.05) is 12.2 Å². The number of anilines is 2. The number of aromatic nitrogens is 1. The van der Waals surface area contributed by atoms with E-state index in [4.69, 9.17) is 4.74 Å². The molecule has 9 heteroatoms. The lowest BCUT2D eigenvalue weighted by Gasteiger charge is -2.12. The van der Waals surface area contributed by atoms with Gasteiger partial charge in [0.2, 0.25) is 0 Å². The molecule has 0 spiro atoms. The second-order valence-corrected chi connectivity index (χ2v) is 8.40. The number of methoxy groups -OCH3 is 1. The van der Waals surface area contributed by atoms with E-state index < -0.39 is 15.8 Å². The quantitative estimate of drug-likeness (QED) is 0.745. The summed E-state index contributed by atoms with van der Waals surface area (Å²) >= 11 is 0. The number of para-hydroxylation sites is 1. The van der Waals surface area contributed by atoms with Gasteiger partial charge in [0.15, 0.2) is 9.84 Å². The Kier molecular flexibility index (Phi) is 5.41. The predicted octanol–water partition coefficient (Wildman–Crippen LogP) is 1.53. The highest BCUT2D eigenvalue weighted by Gasteiger charge is 2.29. The number of ether oxygens (including phenoxy) is 1. The predicted molar refractivity (Wildman–Crippen MR) is 99.8 cm³/mol. The van der Waals surface area contributed by atoms with Crippen LogP contribution in [0.4, 0.5) is 11.5 Å². The molecule has 0 bridgehead atoms. The fraction of sp³-hybridized carbons (Fsp3) is 0.278. The highest BCUT2D eigenvalue weighted by Crippen LogP contribution is 2.20. The van der Waals surface area contributed by atoms with E-state index in [2.05, 4.69) is 15.6 Å². The van der Waals surface area contributed by atoms with Crippen LogP contribution in [-0.4, -0.2) is 49.9 Å². The van der Waals surface area contributed by atoms with Gasteiger partial charge < -0.3 is 15.4 Å². The van der Waals surface area contributed by atoms with E-state index in [1.807, 2.05) is 0 Å². The Labute approximate surface area is 156 Å². The van der Waals surface area contributed by atoms with Crippen LogP contribution in [0.3, 0.4) is 0 Å². The van der Waals surface area contributed by atoms with Gasteiger partial charge in [-0.05, 0) is 30.7 Å². The number of sulfone groups is 1. The van der Waals surface area contributed by atoms with Gasteiger partial charge in [0.05, 0.1) is 35.4 Å². The van der Waals surface area contributed by atoms with Gasteiger partial charge in [-0.3, -0.25) is 4.79 Å². The van der Waals surface area contributed by atoms with Crippen LogP contribution in [0.2, 0.25) is 0 Å². The number of carbonyl (C=O) groups excluding carboxylic acids is 2. The lowest BCUT2D eigenvalue weighted by molar-refractivity contribution is 0.0601. The monoisotopic (exact) mass is 389 g/mol. The van der Waals surface area contributed by atoms with Crippen molar-refractivity contribution in [2.45, 2.75) is 12.5 Å². The number of esters is 1. The van der Waals surface area contributed by atoms with E-state index in [1.165, 1.54) is 13.3 Å². The first-order chi connectivity index (χ1) is 12.9. The molecule has 2 N–H and O–H groups in total. The summed E-state index contributed by atoms with van der Waals surface area (Å²) in [5.41, 5.74) is 1.22. The summed E-state index contributed by atoms with van der Waals surface area (Å²) in [6.45, 7) is 0. The summed E-state index contributed by atoms with van der Waals surface area (Å²) in [5.74, 6) is -0.326. The van der Waals surface area contributed by atoms with Gasteiger partial charge in [0.25, 0.3) is 5.91 Å². The molecule has 1 aromatic heterocycles. The number of nitrogens with one attached hydrogen (secondary N) is 2. The minimum atomic E-state index is -3.06. The highest BCUT2D eigenvalue weighted by atomic mass is 32.2. The zero-order valence-corrected chi connectivity index (χ0v) is 15.5. The number of nitrogens with zero attached hydrogens (tertiary/aromatic N) is 1. The van der Waals surface area contributed by atoms with E-state index in [1.54, 1.807) is 36.4 Å². The van der Waals surface area contributed by atoms with Crippen LogP contribution in [0.1, 0.15) is 27.1 Å². The van der Waals surface area contributed by atoms with E-state index >= 15 is 0 Å². The summed E-state index contributed by atoms with van der Waals surface area (Å²) < 4.78 is 27.7. The standard InChI is InChI=1S/C18H19N3O5S/c1-26-18(23)14-4-2-3-5-15(14)21-16-7-6-12(10-19-16)17(22)20-13-8-9-27(24,25)11-13/h2-7,10,13H,8-9,11H2,1H3,(H,19,21)(H,20,22). The Morgan fingerprint density at radius 2 is 1.96 bits per heavy atom. The van der Waals surface area contributed by atoms with Crippen molar-refractivity contribution in [1.82, 2.24) is 10.3 Å². The smallest absolute Gasteiger partial charge is 0.339 e. The molecule has 0 saturated carbocycles. The molecule has 142 valence electrons. The van der Waals surface area contributed by atoms with Gasteiger partial charge in [-0.2, -0.15) is 0 Å². The fourth-order valence-corrected chi connectivity index (χ4v) is 4.47. The van der Waals surface area contributed by atoms with Crippen molar-refractivity contribution in [3.8, 4) is 0 Å². The van der Waals surface area contributed by atoms with E-state index in [-0.39, 0.29) is 23.5 Å². The number of benzene rings is 1. The summed E-state index contributed by atoms with van der Waals surface area (Å²) in [6, 6.07) is 9.66. The lowest BCUT2D eigenvalue weighted by Crippen LogP contribution is -2.35. The summed E-state index contributed by atoms with van der Waals surface area (Å²) in [4.78, 5) is 28.2. The van der Waals surface area contributed by atoms with Gasteiger partial charge in [0.1, 0.15) is 5.82 Å². The average molecular weight is 389 g/mol. The third kappa shape index (κ3) is 4.62. The molecular formula is C18H19N3O5S. The van der Waals surface area contributed by atoms with Crippen LogP contribution in [-0.2, 0) is 14.6 Å². The molecule has 1 aliphatic rings. The van der Waals surface area contributed by atoms with E-state index in [0.29, 0.717) is 29.1 Å². The first-order valence-electron chi connectivity index (χ1n) is 8.29. The molecule has 1 aliphatic heterocycles. The van der Waals surface area contributed by atoms with Gasteiger partial charge >= 0.3 is 5.97 Å². The van der Waals surface area contributed by atoms with Crippen LogP contribution in [0.5, 0.6) is 0 Å². The number of hydrogen-bond acceptors (Lipinski definition) is 7. The maximum absolute atomic E-state index is 12.2. The molecule has 1 atom stereocenters. The maximum atomic E-state index is 12.2. The SMILES string of the molecule is COC(=O)c1ccccc1Nc1ccc(C(=O)NC2CCS(=O)(=O)C2)cn1. The molecule has 3 rings (SSSR count). The van der Waals surface area contributed by atoms with Crippen molar-refractivity contribution in [1.29, 1.82) is 0 Å². The van der Waals surface area contributed by atoms with Gasteiger partial charge in [-0.1, -0.05) is 12.1 Å². The Balaban J connectivity index is 1.67. The van der Waals surface area contributed by atoms with Crippen LogP contribution in [0, 0.1) is 0 Å². The molecule has 2 heterocycles. The van der Waals surface area contributed by atoms with Crippen LogP contribution >= 0.6 is 0 Å². The number of carbonyl (C=O) groups is 2. The Morgan fingerprint density at radius 1 is 1.19 bits per heavy atom. The first-order valence-corrected chi connectivity index (χ1v) is 10.1. The van der Waals surface area contributed by atoms with Crippen LogP contribution < -0.4 is 10.6 Å². The second-order valence-electron chi connectivity index (χ2n) is 6.17. The topological polar surface area (TPSA) is 114 Å². The first kappa shape index (κ1) is 18.8. The normalized spacial score (nSPS) is 17.9. The zero-order chi connectivity index (χ0) is 19.4. The molecule has 1 unspecified atom stereocenters. The molecule has 1 amide bonds. The Bertz CT molecular complexity index is 957. The van der Waals surface area contributed by atoms with Crippen molar-refractivity contribution >= 4 is 33.2 Å². The number of rotatable bonds is 5. The Morgan fingerprint density at radius 3 is 2.59 bits per heavy atom. The number of amides is 1. The molecule has 0 aliphatic carbocycles. The number of pyridine rings is 1. The van der Waals surface area contributed by atoms with Crippen molar-refractivity contribution in [3.05, 3.63) is 53.7 Å². The van der Waals surface area contributed by atoms with E-state index in [0.717, 1.165) is 0 Å².